The fourth-order valence-electron chi connectivity index (χ4n) is 3.10. The van der Waals surface area contributed by atoms with Crippen LogP contribution in [-0.2, 0) is 0 Å². The number of carbonyl (C=O) groups excluding carboxylic acids is 2. The van der Waals surface area contributed by atoms with Gasteiger partial charge < -0.3 is 10.2 Å². The zero-order chi connectivity index (χ0) is 18.5. The number of Topliss-reactive ketones (excluding diaryl/α,β-unsaturated/α-hetero) is 2. The molecule has 0 saturated carbocycles. The van der Waals surface area contributed by atoms with E-state index in [9.17, 15) is 19.8 Å². The summed E-state index contributed by atoms with van der Waals surface area (Å²) in [5.74, 6) is -1.30. The minimum absolute atomic E-state index is 0.113. The van der Waals surface area contributed by atoms with Crippen LogP contribution < -0.4 is 0 Å². The highest BCUT2D eigenvalue weighted by Crippen LogP contribution is 2.31. The van der Waals surface area contributed by atoms with E-state index in [1.54, 1.807) is 36.4 Å². The van der Waals surface area contributed by atoms with E-state index in [4.69, 9.17) is 0 Å². The molecule has 0 fully saturated rings. The van der Waals surface area contributed by atoms with Gasteiger partial charge in [-0.3, -0.25) is 14.6 Å². The molecule has 3 rings (SSSR count). The molecule has 0 radical (unpaired) electrons. The molecule has 0 saturated heterocycles. The lowest BCUT2D eigenvalue weighted by Crippen LogP contribution is -2.38. The molecule has 0 heterocycles. The summed E-state index contributed by atoms with van der Waals surface area (Å²) in [6.07, 6.45) is 0. The number of aliphatic hydroxyl groups excluding tert-OH is 2. The van der Waals surface area contributed by atoms with Gasteiger partial charge in [0.2, 0.25) is 5.78 Å². The third-order valence-corrected chi connectivity index (χ3v) is 4.30. The average molecular weight is 352 g/mol. The zero-order valence-corrected chi connectivity index (χ0v) is 14.2. The van der Waals surface area contributed by atoms with Crippen LogP contribution in [0.15, 0.2) is 59.7 Å². The van der Waals surface area contributed by atoms with E-state index in [0.717, 1.165) is 0 Å². The molecule has 0 amide bonds. The van der Waals surface area contributed by atoms with E-state index in [1.807, 2.05) is 18.2 Å². The molecule has 0 spiro atoms. The summed E-state index contributed by atoms with van der Waals surface area (Å²) in [6, 6.07) is 15.8. The molecule has 6 nitrogen and oxygen atoms in total. The molecule has 1 unspecified atom stereocenters. The van der Waals surface area contributed by atoms with Crippen molar-refractivity contribution in [2.75, 3.05) is 26.3 Å². The molecule has 1 aliphatic rings. The second-order valence-corrected chi connectivity index (χ2v) is 5.97. The van der Waals surface area contributed by atoms with Gasteiger partial charge in [0.25, 0.3) is 0 Å². The van der Waals surface area contributed by atoms with E-state index in [1.165, 1.54) is 5.01 Å². The maximum Gasteiger partial charge on any atom is 0.210 e. The van der Waals surface area contributed by atoms with E-state index in [0.29, 0.717) is 16.7 Å². The molecule has 0 aromatic heterocycles. The normalized spacial score (nSPS) is 18.1. The lowest BCUT2D eigenvalue weighted by atomic mass is 9.77. The molecule has 1 aliphatic carbocycles. The van der Waals surface area contributed by atoms with Gasteiger partial charge >= 0.3 is 0 Å². The standard InChI is InChI=1S/C20H20N2O4/c23-12-10-22(11-13-24)21-18-17(14-6-2-1-3-7-14)19(25)15-8-4-5-9-16(15)20(18)26/h1-9,17,23-24H,10-13H2. The van der Waals surface area contributed by atoms with Crippen molar-refractivity contribution in [3.05, 3.63) is 71.3 Å². The van der Waals surface area contributed by atoms with Crippen LogP contribution in [0.1, 0.15) is 32.2 Å². The number of rotatable bonds is 6. The minimum Gasteiger partial charge on any atom is -0.394 e. The third-order valence-electron chi connectivity index (χ3n) is 4.30. The van der Waals surface area contributed by atoms with Gasteiger partial charge in [-0.2, -0.15) is 5.10 Å². The van der Waals surface area contributed by atoms with Gasteiger partial charge in [0.15, 0.2) is 5.78 Å². The van der Waals surface area contributed by atoms with Crippen LogP contribution in [0.4, 0.5) is 0 Å². The number of fused-ring (bicyclic) bond motifs is 1. The zero-order valence-electron chi connectivity index (χ0n) is 14.2. The molecule has 0 bridgehead atoms. The van der Waals surface area contributed by atoms with Gasteiger partial charge in [0, 0.05) is 11.1 Å². The van der Waals surface area contributed by atoms with Gasteiger partial charge in [-0.15, -0.1) is 0 Å². The first-order valence-corrected chi connectivity index (χ1v) is 8.45. The summed E-state index contributed by atoms with van der Waals surface area (Å²) in [6.45, 7) is -0.0274. The molecule has 26 heavy (non-hydrogen) atoms. The Morgan fingerprint density at radius 3 is 2.04 bits per heavy atom. The predicted molar refractivity (Wildman–Crippen MR) is 97.5 cm³/mol. The van der Waals surface area contributed by atoms with Crippen LogP contribution in [0, 0.1) is 0 Å². The summed E-state index contributed by atoms with van der Waals surface area (Å²) in [4.78, 5) is 26.2. The lowest BCUT2D eigenvalue weighted by molar-refractivity contribution is 0.0943. The Kier molecular flexibility index (Phi) is 5.55. The van der Waals surface area contributed by atoms with Crippen LogP contribution in [-0.4, -0.2) is 58.8 Å². The van der Waals surface area contributed by atoms with Gasteiger partial charge in [-0.25, -0.2) is 0 Å². The number of benzene rings is 2. The summed E-state index contributed by atoms with van der Waals surface area (Å²) in [5, 5.41) is 24.2. The van der Waals surface area contributed by atoms with Gasteiger partial charge in [0.05, 0.1) is 32.2 Å². The van der Waals surface area contributed by atoms with Crippen molar-refractivity contribution < 1.29 is 19.8 Å². The van der Waals surface area contributed by atoms with Crippen LogP contribution in [0.2, 0.25) is 0 Å². The number of nitrogens with zero attached hydrogens (tertiary/aromatic N) is 2. The van der Waals surface area contributed by atoms with Crippen molar-refractivity contribution in [1.29, 1.82) is 0 Å². The SMILES string of the molecule is O=C1C(=NN(CCO)CCO)C(c2ccccc2)C(=O)c2ccccc21. The number of carbonyl (C=O) groups is 2. The highest BCUT2D eigenvalue weighted by atomic mass is 16.3. The van der Waals surface area contributed by atoms with Crippen molar-refractivity contribution in [1.82, 2.24) is 5.01 Å². The van der Waals surface area contributed by atoms with Crippen molar-refractivity contribution >= 4 is 17.3 Å². The van der Waals surface area contributed by atoms with Crippen LogP contribution in [0.3, 0.4) is 0 Å². The molecule has 2 N–H and O–H groups in total. The van der Waals surface area contributed by atoms with Crippen molar-refractivity contribution in [3.63, 3.8) is 0 Å². The average Bonchev–Trinajstić information content (AvgIpc) is 2.67. The van der Waals surface area contributed by atoms with Crippen molar-refractivity contribution in [2.24, 2.45) is 5.10 Å². The Balaban J connectivity index is 2.14. The first-order valence-electron chi connectivity index (χ1n) is 8.45. The number of hydrazone groups is 1. The highest BCUT2D eigenvalue weighted by Gasteiger charge is 2.39. The molecule has 0 aliphatic heterocycles. The number of aliphatic hydroxyl groups is 2. The van der Waals surface area contributed by atoms with Gasteiger partial charge in [0.1, 0.15) is 5.71 Å². The van der Waals surface area contributed by atoms with Crippen LogP contribution in [0.5, 0.6) is 0 Å². The molecule has 2 aromatic rings. The van der Waals surface area contributed by atoms with E-state index >= 15 is 0 Å². The Morgan fingerprint density at radius 2 is 1.42 bits per heavy atom. The second kappa shape index (κ2) is 8.03. The Morgan fingerprint density at radius 1 is 0.846 bits per heavy atom. The smallest absolute Gasteiger partial charge is 0.210 e. The van der Waals surface area contributed by atoms with Gasteiger partial charge in [-0.05, 0) is 5.56 Å². The van der Waals surface area contributed by atoms with Gasteiger partial charge in [-0.1, -0.05) is 54.6 Å². The minimum atomic E-state index is -0.807. The molecular weight excluding hydrogens is 332 g/mol. The summed E-state index contributed by atoms with van der Waals surface area (Å²) >= 11 is 0. The largest absolute Gasteiger partial charge is 0.394 e. The molecule has 6 heteroatoms. The molecular formula is C20H20N2O4. The van der Waals surface area contributed by atoms with Crippen LogP contribution in [0.25, 0.3) is 0 Å². The molecule has 2 aromatic carbocycles. The second-order valence-electron chi connectivity index (χ2n) is 5.97. The highest BCUT2D eigenvalue weighted by molar-refractivity contribution is 6.55. The van der Waals surface area contributed by atoms with E-state index in [-0.39, 0.29) is 43.6 Å². The van der Waals surface area contributed by atoms with E-state index < -0.39 is 5.92 Å². The summed E-state index contributed by atoms with van der Waals surface area (Å²) in [5.41, 5.74) is 1.52. The fraction of sp³-hybridized carbons (Fsp3) is 0.250. The first kappa shape index (κ1) is 18.0. The van der Waals surface area contributed by atoms with E-state index in [2.05, 4.69) is 5.10 Å². The van der Waals surface area contributed by atoms with Crippen molar-refractivity contribution in [3.8, 4) is 0 Å². The van der Waals surface area contributed by atoms with Crippen molar-refractivity contribution in [2.45, 2.75) is 5.92 Å². The maximum atomic E-state index is 13.1. The summed E-state index contributed by atoms with van der Waals surface area (Å²) in [7, 11) is 0. The predicted octanol–water partition coefficient (Wildman–Crippen LogP) is 1.49. The number of hydrogen-bond acceptors (Lipinski definition) is 6. The Labute approximate surface area is 151 Å². The maximum absolute atomic E-state index is 13.1. The Bertz CT molecular complexity index is 827. The monoisotopic (exact) mass is 352 g/mol. The molecule has 134 valence electrons. The lowest BCUT2D eigenvalue weighted by Gasteiger charge is -2.27. The fourth-order valence-corrected chi connectivity index (χ4v) is 3.10. The number of hydrogen-bond donors (Lipinski definition) is 2. The number of ketones is 2. The summed E-state index contributed by atoms with van der Waals surface area (Å²) < 4.78 is 0. The van der Waals surface area contributed by atoms with Crippen LogP contribution >= 0.6 is 0 Å². The quantitative estimate of drug-likeness (QED) is 0.769. The first-order chi connectivity index (χ1) is 12.7. The third kappa shape index (κ3) is 3.42. The Hall–Kier alpha value is -2.83. The molecule has 1 atom stereocenters. The topological polar surface area (TPSA) is 90.2 Å².